The predicted molar refractivity (Wildman–Crippen MR) is 55.8 cm³/mol. The van der Waals surface area contributed by atoms with E-state index in [-0.39, 0.29) is 6.42 Å². The molecule has 0 fully saturated rings. The van der Waals surface area contributed by atoms with Gasteiger partial charge in [0.2, 0.25) is 0 Å². The number of nitrogens with one attached hydrogen (secondary N) is 1. The van der Waals surface area contributed by atoms with Gasteiger partial charge in [0.15, 0.2) is 0 Å². The fourth-order valence-electron chi connectivity index (χ4n) is 0.989. The fraction of sp³-hybridized carbons (Fsp3) is 1.00. The molecule has 0 atom stereocenters. The fourth-order valence-corrected chi connectivity index (χ4v) is 1.57. The van der Waals surface area contributed by atoms with Gasteiger partial charge in [-0.15, -0.1) is 0 Å². The molecule has 0 aromatic heterocycles. The van der Waals surface area contributed by atoms with Crippen molar-refractivity contribution in [3.63, 3.8) is 0 Å². The second-order valence-corrected chi connectivity index (χ2v) is 4.41. The maximum atomic E-state index is 11.7. The lowest BCUT2D eigenvalue weighted by atomic mass is 10.2. The minimum Gasteiger partial charge on any atom is -0.316 e. The zero-order chi connectivity index (χ0) is 10.9. The SMILES string of the molecule is CCSCCNCCCCC(F)(F)F. The Bertz CT molecular complexity index is 128. The van der Waals surface area contributed by atoms with E-state index in [1.54, 1.807) is 0 Å². The number of hydrogen-bond acceptors (Lipinski definition) is 2. The normalized spacial score (nSPS) is 12.0. The van der Waals surface area contributed by atoms with Crippen molar-refractivity contribution >= 4 is 11.8 Å². The Balaban J connectivity index is 2.99. The monoisotopic (exact) mass is 229 g/mol. The van der Waals surface area contributed by atoms with Crippen LogP contribution < -0.4 is 5.32 Å². The van der Waals surface area contributed by atoms with Gasteiger partial charge < -0.3 is 5.32 Å². The number of rotatable bonds is 8. The summed E-state index contributed by atoms with van der Waals surface area (Å²) in [5.74, 6) is 2.13. The van der Waals surface area contributed by atoms with Crippen LogP contribution in [-0.2, 0) is 0 Å². The Labute approximate surface area is 87.8 Å². The standard InChI is InChI=1S/C9H18F3NS/c1-2-14-8-7-13-6-4-3-5-9(10,11)12/h13H,2-8H2,1H3. The molecular formula is C9H18F3NS. The summed E-state index contributed by atoms with van der Waals surface area (Å²) in [6.45, 7) is 3.68. The van der Waals surface area contributed by atoms with Gasteiger partial charge in [-0.2, -0.15) is 24.9 Å². The lowest BCUT2D eigenvalue weighted by Gasteiger charge is -2.06. The Morgan fingerprint density at radius 1 is 1.14 bits per heavy atom. The van der Waals surface area contributed by atoms with Crippen LogP contribution in [0.2, 0.25) is 0 Å². The molecule has 5 heteroatoms. The van der Waals surface area contributed by atoms with Gasteiger partial charge in [-0.3, -0.25) is 0 Å². The molecule has 1 N–H and O–H groups in total. The van der Waals surface area contributed by atoms with E-state index < -0.39 is 12.6 Å². The summed E-state index contributed by atoms with van der Waals surface area (Å²) in [6, 6.07) is 0. The Kier molecular flexibility index (Phi) is 8.47. The van der Waals surface area contributed by atoms with Crippen molar-refractivity contribution < 1.29 is 13.2 Å². The van der Waals surface area contributed by atoms with Crippen LogP contribution in [0.5, 0.6) is 0 Å². The highest BCUT2D eigenvalue weighted by atomic mass is 32.2. The van der Waals surface area contributed by atoms with E-state index >= 15 is 0 Å². The first-order valence-corrected chi connectivity index (χ1v) is 6.07. The molecule has 0 saturated heterocycles. The smallest absolute Gasteiger partial charge is 0.316 e. The molecule has 0 aromatic rings. The third-order valence-corrected chi connectivity index (χ3v) is 2.59. The molecule has 0 heterocycles. The second-order valence-electron chi connectivity index (χ2n) is 3.02. The van der Waals surface area contributed by atoms with Gasteiger partial charge in [-0.25, -0.2) is 0 Å². The summed E-state index contributed by atoms with van der Waals surface area (Å²) < 4.78 is 35.1. The number of thioether (sulfide) groups is 1. The number of unbranched alkanes of at least 4 members (excludes halogenated alkanes) is 1. The summed E-state index contributed by atoms with van der Waals surface area (Å²) in [5, 5.41) is 3.12. The number of alkyl halides is 3. The van der Waals surface area contributed by atoms with Gasteiger partial charge in [0, 0.05) is 18.7 Å². The van der Waals surface area contributed by atoms with E-state index in [0.29, 0.717) is 13.0 Å². The third kappa shape index (κ3) is 12.1. The van der Waals surface area contributed by atoms with Crippen LogP contribution in [0.1, 0.15) is 26.2 Å². The Morgan fingerprint density at radius 3 is 2.43 bits per heavy atom. The molecule has 0 spiro atoms. The summed E-state index contributed by atoms with van der Waals surface area (Å²) >= 11 is 1.83. The van der Waals surface area contributed by atoms with Crippen molar-refractivity contribution in [3.05, 3.63) is 0 Å². The van der Waals surface area contributed by atoms with E-state index in [0.717, 1.165) is 18.1 Å². The molecule has 0 amide bonds. The Hall–Kier alpha value is 0.100. The molecule has 0 radical (unpaired) electrons. The molecule has 0 saturated carbocycles. The lowest BCUT2D eigenvalue weighted by Crippen LogP contribution is -2.19. The molecule has 0 aromatic carbocycles. The zero-order valence-corrected chi connectivity index (χ0v) is 9.31. The highest BCUT2D eigenvalue weighted by molar-refractivity contribution is 7.99. The van der Waals surface area contributed by atoms with Crippen molar-refractivity contribution in [3.8, 4) is 0 Å². The molecule has 14 heavy (non-hydrogen) atoms. The molecule has 0 aliphatic carbocycles. The van der Waals surface area contributed by atoms with E-state index in [1.807, 2.05) is 11.8 Å². The van der Waals surface area contributed by atoms with Gasteiger partial charge in [-0.1, -0.05) is 6.92 Å². The van der Waals surface area contributed by atoms with Crippen LogP contribution in [0.15, 0.2) is 0 Å². The first-order valence-electron chi connectivity index (χ1n) is 4.91. The quantitative estimate of drug-likeness (QED) is 0.642. The van der Waals surface area contributed by atoms with Crippen molar-refractivity contribution in [2.24, 2.45) is 0 Å². The summed E-state index contributed by atoms with van der Waals surface area (Å²) in [4.78, 5) is 0. The summed E-state index contributed by atoms with van der Waals surface area (Å²) in [7, 11) is 0. The van der Waals surface area contributed by atoms with Crippen LogP contribution >= 0.6 is 11.8 Å². The molecular weight excluding hydrogens is 211 g/mol. The minimum atomic E-state index is -3.99. The molecule has 0 unspecified atom stereocenters. The molecule has 0 bridgehead atoms. The van der Waals surface area contributed by atoms with E-state index in [2.05, 4.69) is 12.2 Å². The minimum absolute atomic E-state index is 0.234. The topological polar surface area (TPSA) is 12.0 Å². The first kappa shape index (κ1) is 14.1. The van der Waals surface area contributed by atoms with Gasteiger partial charge in [0.05, 0.1) is 0 Å². The zero-order valence-electron chi connectivity index (χ0n) is 8.49. The van der Waals surface area contributed by atoms with Crippen molar-refractivity contribution in [2.45, 2.75) is 32.4 Å². The van der Waals surface area contributed by atoms with Crippen LogP contribution in [0.3, 0.4) is 0 Å². The highest BCUT2D eigenvalue weighted by Gasteiger charge is 2.25. The number of hydrogen-bond donors (Lipinski definition) is 1. The molecule has 0 aliphatic heterocycles. The third-order valence-electron chi connectivity index (χ3n) is 1.69. The average molecular weight is 229 g/mol. The van der Waals surface area contributed by atoms with E-state index in [4.69, 9.17) is 0 Å². The molecule has 0 aliphatic rings. The van der Waals surface area contributed by atoms with Gasteiger partial charge in [0.1, 0.15) is 0 Å². The van der Waals surface area contributed by atoms with Gasteiger partial charge in [-0.05, 0) is 25.1 Å². The van der Waals surface area contributed by atoms with Crippen LogP contribution in [-0.4, -0.2) is 30.8 Å². The van der Waals surface area contributed by atoms with E-state index in [9.17, 15) is 13.2 Å². The maximum Gasteiger partial charge on any atom is 0.389 e. The highest BCUT2D eigenvalue weighted by Crippen LogP contribution is 2.21. The van der Waals surface area contributed by atoms with Crippen LogP contribution in [0.4, 0.5) is 13.2 Å². The first-order chi connectivity index (χ1) is 6.56. The van der Waals surface area contributed by atoms with Crippen LogP contribution in [0.25, 0.3) is 0 Å². The molecule has 86 valence electrons. The largest absolute Gasteiger partial charge is 0.389 e. The predicted octanol–water partition coefficient (Wildman–Crippen LogP) is 3.06. The van der Waals surface area contributed by atoms with Crippen molar-refractivity contribution in [1.82, 2.24) is 5.32 Å². The van der Waals surface area contributed by atoms with Crippen molar-refractivity contribution in [1.29, 1.82) is 0 Å². The Morgan fingerprint density at radius 2 is 1.86 bits per heavy atom. The average Bonchev–Trinajstić information content (AvgIpc) is 2.08. The molecule has 0 rings (SSSR count). The lowest BCUT2D eigenvalue weighted by molar-refractivity contribution is -0.135. The van der Waals surface area contributed by atoms with E-state index in [1.165, 1.54) is 0 Å². The number of halogens is 3. The second kappa shape index (κ2) is 8.41. The van der Waals surface area contributed by atoms with Crippen molar-refractivity contribution in [2.75, 3.05) is 24.6 Å². The van der Waals surface area contributed by atoms with Gasteiger partial charge >= 0.3 is 6.18 Å². The maximum absolute atomic E-state index is 11.7. The van der Waals surface area contributed by atoms with Gasteiger partial charge in [0.25, 0.3) is 0 Å². The molecule has 1 nitrogen and oxygen atoms in total. The van der Waals surface area contributed by atoms with Crippen LogP contribution in [0, 0.1) is 0 Å². The summed E-state index contributed by atoms with van der Waals surface area (Å²) in [6.07, 6.45) is -3.80. The summed E-state index contributed by atoms with van der Waals surface area (Å²) in [5.41, 5.74) is 0.